The fourth-order valence-electron chi connectivity index (χ4n) is 8.64. The Hall–Kier alpha value is -6.88. The van der Waals surface area contributed by atoms with Gasteiger partial charge in [-0.1, -0.05) is 115 Å². The number of nitrogens with zero attached hydrogens (tertiary/aromatic N) is 12. The van der Waals surface area contributed by atoms with E-state index in [1.54, 1.807) is 83.0 Å². The highest BCUT2D eigenvalue weighted by Gasteiger charge is 2.25. The molecule has 0 saturated heterocycles. The maximum absolute atomic E-state index is 13.3. The Morgan fingerprint density at radius 2 is 0.842 bits per heavy atom. The zero-order valence-electron chi connectivity index (χ0n) is 43.0. The monoisotopic (exact) mass is 1120 g/mol. The van der Waals surface area contributed by atoms with Crippen molar-refractivity contribution < 1.29 is 0 Å². The lowest BCUT2D eigenvalue weighted by Gasteiger charge is -2.09. The molecule has 386 valence electrons. The van der Waals surface area contributed by atoms with Gasteiger partial charge in [0.2, 0.25) is 17.3 Å². The summed E-state index contributed by atoms with van der Waals surface area (Å²) in [7, 11) is 0. The minimum Gasteiger partial charge on any atom is -0.268 e. The van der Waals surface area contributed by atoms with Gasteiger partial charge in [-0.15, -0.1) is 71.2 Å². The molecule has 21 heteroatoms. The Bertz CT molecular complexity index is 4370. The van der Waals surface area contributed by atoms with Gasteiger partial charge in [0.15, 0.2) is 15.5 Å². The molecule has 0 atom stereocenters. The lowest BCUT2D eigenvalue weighted by atomic mass is 10.2. The maximum atomic E-state index is 13.3. The smallest absolute Gasteiger partial charge is 0.268 e. The lowest BCUT2D eigenvalue weighted by Crippen LogP contribution is -2.21. The third-order valence-electron chi connectivity index (χ3n) is 12.7. The van der Waals surface area contributed by atoms with Gasteiger partial charge in [0, 0.05) is 31.9 Å². The van der Waals surface area contributed by atoms with Crippen LogP contribution in [0.2, 0.25) is 0 Å². The second-order valence-corrected chi connectivity index (χ2v) is 24.5. The quantitative estimate of drug-likeness (QED) is 0.0844. The highest BCUT2D eigenvalue weighted by atomic mass is 32.2. The minimum absolute atomic E-state index is 0.0324. The van der Waals surface area contributed by atoms with E-state index in [1.807, 2.05) is 152 Å². The summed E-state index contributed by atoms with van der Waals surface area (Å²) in [4.78, 5) is 46.0. The molecular weight excluding hydrogens is 1070 g/mol. The third kappa shape index (κ3) is 9.35. The van der Waals surface area contributed by atoms with Crippen LogP contribution in [0.1, 0.15) is 51.6 Å². The van der Waals surface area contributed by atoms with E-state index in [0.29, 0.717) is 17.3 Å². The molecule has 15 nitrogen and oxygen atoms in total. The Labute approximate surface area is 461 Å². The van der Waals surface area contributed by atoms with E-state index in [1.165, 1.54) is 0 Å². The number of aromatic nitrogens is 12. The molecule has 3 aromatic carbocycles. The van der Waals surface area contributed by atoms with Crippen molar-refractivity contribution in [2.45, 2.75) is 77.3 Å². The van der Waals surface area contributed by atoms with Crippen LogP contribution in [0.5, 0.6) is 0 Å². The van der Waals surface area contributed by atoms with Gasteiger partial charge in [0.25, 0.3) is 16.7 Å². The third-order valence-corrected chi connectivity index (χ3v) is 19.5. The van der Waals surface area contributed by atoms with Crippen LogP contribution in [0, 0.1) is 41.5 Å². The van der Waals surface area contributed by atoms with Crippen molar-refractivity contribution >= 4 is 117 Å². The van der Waals surface area contributed by atoms with Crippen LogP contribution in [0.3, 0.4) is 0 Å². The SMILES string of the molecule is C=C(C)CSc1nnc2n(-c3ccccc3)c(=O)c3c(C)c(C)sc3n12.C=CCSc1nnc2n(-c3ccccc3)c(=O)c3c(C)c(C)sc3n12.CCCSc1nnc2n(-c3ccccc3)c(=O)c3c(C)c(C)sc3n12. The molecule has 9 heterocycles. The first-order chi connectivity index (χ1) is 36.7. The number of para-hydroxylation sites is 3. The number of aryl methyl sites for hydroxylation is 6. The molecule has 12 aromatic rings. The number of rotatable bonds is 12. The summed E-state index contributed by atoms with van der Waals surface area (Å²) in [6.07, 6.45) is 2.89. The van der Waals surface area contributed by atoms with E-state index >= 15 is 0 Å². The van der Waals surface area contributed by atoms with Crippen molar-refractivity contribution in [2.24, 2.45) is 0 Å². The first-order valence-electron chi connectivity index (χ1n) is 24.2. The number of fused-ring (bicyclic) bond motifs is 9. The Balaban J connectivity index is 0.000000130. The second-order valence-electron chi connectivity index (χ2n) is 17.9. The Morgan fingerprint density at radius 1 is 0.513 bits per heavy atom. The predicted octanol–water partition coefficient (Wildman–Crippen LogP) is 12.6. The summed E-state index contributed by atoms with van der Waals surface area (Å²) < 4.78 is 11.0. The van der Waals surface area contributed by atoms with Crippen LogP contribution in [0.4, 0.5) is 0 Å². The van der Waals surface area contributed by atoms with E-state index in [4.69, 9.17) is 0 Å². The molecule has 0 saturated carbocycles. The molecule has 0 aliphatic rings. The van der Waals surface area contributed by atoms with Crippen molar-refractivity contribution in [3.8, 4) is 17.1 Å². The molecule has 0 radical (unpaired) electrons. The van der Waals surface area contributed by atoms with Crippen LogP contribution >= 0.6 is 69.3 Å². The molecule has 0 N–H and O–H groups in total. The summed E-state index contributed by atoms with van der Waals surface area (Å²) in [5.74, 6) is 4.11. The maximum Gasteiger partial charge on any atom is 0.268 e. The van der Waals surface area contributed by atoms with Gasteiger partial charge in [0.05, 0.1) is 33.2 Å². The average molecular weight is 1120 g/mol. The van der Waals surface area contributed by atoms with Crippen LogP contribution in [0.15, 0.2) is 146 Å². The first kappa shape index (κ1) is 52.6. The van der Waals surface area contributed by atoms with Crippen LogP contribution < -0.4 is 16.7 Å². The molecule has 0 aliphatic heterocycles. The highest BCUT2D eigenvalue weighted by Crippen LogP contribution is 2.35. The molecule has 0 bridgehead atoms. The first-order valence-corrected chi connectivity index (χ1v) is 29.7. The molecule has 0 spiro atoms. The normalized spacial score (nSPS) is 11.5. The van der Waals surface area contributed by atoms with Crippen molar-refractivity contribution in [1.29, 1.82) is 0 Å². The van der Waals surface area contributed by atoms with E-state index in [0.717, 1.165) is 124 Å². The topological polar surface area (TPSA) is 157 Å². The summed E-state index contributed by atoms with van der Waals surface area (Å²) in [6.45, 7) is 24.0. The largest absolute Gasteiger partial charge is 0.268 e. The van der Waals surface area contributed by atoms with Crippen molar-refractivity contribution in [1.82, 2.24) is 57.5 Å². The molecule has 0 fully saturated rings. The van der Waals surface area contributed by atoms with Crippen LogP contribution in [0.25, 0.3) is 65.0 Å². The van der Waals surface area contributed by atoms with Gasteiger partial charge in [-0.25, -0.2) is 26.9 Å². The number of thioether (sulfide) groups is 3. The average Bonchev–Trinajstić information content (AvgIpc) is 4.31. The summed E-state index contributed by atoms with van der Waals surface area (Å²) in [5.41, 5.74) is 6.39. The van der Waals surface area contributed by atoms with E-state index in [-0.39, 0.29) is 16.7 Å². The molecular formula is C55H52N12O3S6. The van der Waals surface area contributed by atoms with E-state index in [2.05, 4.69) is 57.6 Å². The zero-order chi connectivity index (χ0) is 53.5. The molecule has 0 unspecified atom stereocenters. The zero-order valence-corrected chi connectivity index (χ0v) is 47.9. The number of benzene rings is 3. The van der Waals surface area contributed by atoms with Crippen molar-refractivity contribution in [3.63, 3.8) is 0 Å². The van der Waals surface area contributed by atoms with E-state index in [9.17, 15) is 14.4 Å². The van der Waals surface area contributed by atoms with Crippen molar-refractivity contribution in [3.05, 3.63) is 178 Å². The van der Waals surface area contributed by atoms with Gasteiger partial charge in [-0.3, -0.25) is 14.4 Å². The fourth-order valence-corrected chi connectivity index (χ4v) is 14.5. The highest BCUT2D eigenvalue weighted by molar-refractivity contribution is 7.99. The summed E-state index contributed by atoms with van der Waals surface area (Å²) in [5, 5.41) is 30.7. The van der Waals surface area contributed by atoms with Gasteiger partial charge in [0.1, 0.15) is 14.5 Å². The second kappa shape index (κ2) is 22.0. The summed E-state index contributed by atoms with van der Waals surface area (Å²) >= 11 is 9.68. The molecule has 0 aliphatic carbocycles. The lowest BCUT2D eigenvalue weighted by molar-refractivity contribution is 0.932. The number of hydrogen-bond acceptors (Lipinski definition) is 15. The number of hydrogen-bond donors (Lipinski definition) is 0. The van der Waals surface area contributed by atoms with Gasteiger partial charge in [-0.05, 0) is 108 Å². The summed E-state index contributed by atoms with van der Waals surface area (Å²) in [6, 6.07) is 28.8. The number of thiophene rings is 3. The molecule has 0 amide bonds. The van der Waals surface area contributed by atoms with Gasteiger partial charge in [-0.2, -0.15) is 0 Å². The Kier molecular flexibility index (Phi) is 15.2. The standard InChI is InChI=1S/C19H18N4OS2.C18H18N4OS2.C18H16N4OS2/c1-11(2)10-25-19-21-20-18-22(14-8-6-5-7-9-14)16(24)15-12(3)13(4)26-17(15)23(18)19;2*1-4-10-24-18-20-19-17-21(13-8-6-5-7-9-13)15(23)14-11(2)12(3)25-16(14)22(17)18/h5-9H,1,10H2,2-4H3;5-9H,4,10H2,1-3H3;4-9H,1,10H2,2-3H3. The predicted molar refractivity (Wildman–Crippen MR) is 318 cm³/mol. The van der Waals surface area contributed by atoms with Crippen LogP contribution in [-0.2, 0) is 0 Å². The minimum atomic E-state index is -0.0526. The van der Waals surface area contributed by atoms with E-state index < -0.39 is 0 Å². The van der Waals surface area contributed by atoms with Gasteiger partial charge < -0.3 is 0 Å². The Morgan fingerprint density at radius 3 is 1.16 bits per heavy atom. The van der Waals surface area contributed by atoms with Crippen molar-refractivity contribution in [2.75, 3.05) is 17.3 Å². The molecule has 12 rings (SSSR count). The fraction of sp³-hybridized carbons (Fsp3) is 0.218. The molecule has 76 heavy (non-hydrogen) atoms. The molecule has 9 aromatic heterocycles. The van der Waals surface area contributed by atoms with Crippen LogP contribution in [-0.4, -0.2) is 74.8 Å². The van der Waals surface area contributed by atoms with Gasteiger partial charge >= 0.3 is 0 Å².